The Bertz CT molecular complexity index is 1170. The number of aromatic amines is 1. The smallest absolute Gasteiger partial charge is 0.329 e. The van der Waals surface area contributed by atoms with Crippen LogP contribution in [0.25, 0.3) is 11.0 Å². The zero-order valence-corrected chi connectivity index (χ0v) is 16.1. The van der Waals surface area contributed by atoms with Crippen LogP contribution in [0.5, 0.6) is 0 Å². The van der Waals surface area contributed by atoms with Crippen LogP contribution in [0.4, 0.5) is 5.69 Å². The molecule has 3 rings (SSSR count). The molecule has 0 saturated heterocycles. The minimum absolute atomic E-state index is 0.144. The molecular weight excluding hydrogens is 374 g/mol. The molecule has 0 fully saturated rings. The fourth-order valence-corrected chi connectivity index (χ4v) is 2.95. The second kappa shape index (κ2) is 8.51. The maximum atomic E-state index is 12.7. The summed E-state index contributed by atoms with van der Waals surface area (Å²) >= 11 is 0. The van der Waals surface area contributed by atoms with Crippen molar-refractivity contribution < 1.29 is 9.59 Å². The summed E-state index contributed by atoms with van der Waals surface area (Å²) in [6, 6.07) is 10.3. The summed E-state index contributed by atoms with van der Waals surface area (Å²) in [5.41, 5.74) is -0.137. The molecule has 150 valence electrons. The van der Waals surface area contributed by atoms with E-state index in [0.29, 0.717) is 18.7 Å². The molecule has 0 aliphatic heterocycles. The Morgan fingerprint density at radius 3 is 2.62 bits per heavy atom. The van der Waals surface area contributed by atoms with Gasteiger partial charge >= 0.3 is 5.69 Å². The Kier molecular flexibility index (Phi) is 5.87. The summed E-state index contributed by atoms with van der Waals surface area (Å²) < 4.78 is 1.36. The lowest BCUT2D eigenvalue weighted by atomic mass is 10.2. The summed E-state index contributed by atoms with van der Waals surface area (Å²) in [5.74, 6) is -0.814. The highest BCUT2D eigenvalue weighted by atomic mass is 16.2. The first-order valence-corrected chi connectivity index (χ1v) is 9.14. The minimum Gasteiger partial charge on any atom is -0.332 e. The van der Waals surface area contributed by atoms with Gasteiger partial charge < -0.3 is 10.2 Å². The highest BCUT2D eigenvalue weighted by molar-refractivity contribution is 6.00. The number of pyridine rings is 1. The van der Waals surface area contributed by atoms with Gasteiger partial charge in [0.1, 0.15) is 5.65 Å². The lowest BCUT2D eigenvalue weighted by Crippen LogP contribution is -2.35. The third-order valence-corrected chi connectivity index (χ3v) is 4.31. The van der Waals surface area contributed by atoms with Gasteiger partial charge in [0.15, 0.2) is 0 Å². The Morgan fingerprint density at radius 2 is 1.93 bits per heavy atom. The molecule has 29 heavy (non-hydrogen) atoms. The number of nitrogens with one attached hydrogen (secondary N) is 2. The molecule has 0 atom stereocenters. The van der Waals surface area contributed by atoms with Crippen LogP contribution in [0.1, 0.15) is 23.7 Å². The van der Waals surface area contributed by atoms with Gasteiger partial charge in [0.05, 0.1) is 17.5 Å². The van der Waals surface area contributed by atoms with Crippen LogP contribution in [0, 0.1) is 0 Å². The topological polar surface area (TPSA) is 117 Å². The van der Waals surface area contributed by atoms with E-state index in [-0.39, 0.29) is 29.0 Å². The summed E-state index contributed by atoms with van der Waals surface area (Å²) in [7, 11) is 1.49. The maximum Gasteiger partial charge on any atom is 0.329 e. The maximum absolute atomic E-state index is 12.7. The van der Waals surface area contributed by atoms with Crippen LogP contribution in [-0.4, -0.2) is 44.8 Å². The number of aryl methyl sites for hydroxylation is 1. The number of amides is 2. The van der Waals surface area contributed by atoms with E-state index < -0.39 is 17.2 Å². The molecule has 3 aromatic rings. The van der Waals surface area contributed by atoms with Crippen LogP contribution in [-0.2, 0) is 11.3 Å². The molecular formula is C20H21N5O4. The fraction of sp³-hybridized carbons (Fsp3) is 0.250. The minimum atomic E-state index is -0.607. The number of hydrogen-bond donors (Lipinski definition) is 2. The molecule has 1 aromatic carbocycles. The summed E-state index contributed by atoms with van der Waals surface area (Å²) in [5, 5.41) is 2.85. The molecule has 9 nitrogen and oxygen atoms in total. The molecule has 2 aromatic heterocycles. The molecule has 2 amide bonds. The van der Waals surface area contributed by atoms with Crippen molar-refractivity contribution in [3.63, 3.8) is 0 Å². The Morgan fingerprint density at radius 1 is 1.21 bits per heavy atom. The van der Waals surface area contributed by atoms with Crippen molar-refractivity contribution >= 4 is 28.5 Å². The molecule has 0 unspecified atom stereocenters. The molecule has 2 heterocycles. The number of nitrogens with zero attached hydrogens (tertiary/aromatic N) is 3. The summed E-state index contributed by atoms with van der Waals surface area (Å²) in [6.45, 7) is 2.13. The van der Waals surface area contributed by atoms with Crippen LogP contribution < -0.4 is 16.6 Å². The van der Waals surface area contributed by atoms with Gasteiger partial charge in [0.2, 0.25) is 5.91 Å². The van der Waals surface area contributed by atoms with Crippen molar-refractivity contribution in [1.82, 2.24) is 19.4 Å². The number of rotatable bonds is 6. The van der Waals surface area contributed by atoms with E-state index in [2.05, 4.69) is 15.3 Å². The van der Waals surface area contributed by atoms with Gasteiger partial charge in [-0.2, -0.15) is 0 Å². The van der Waals surface area contributed by atoms with Gasteiger partial charge in [-0.25, -0.2) is 9.78 Å². The number of para-hydroxylation sites is 1. The fourth-order valence-electron chi connectivity index (χ4n) is 2.95. The van der Waals surface area contributed by atoms with Crippen molar-refractivity contribution in [2.45, 2.75) is 19.9 Å². The summed E-state index contributed by atoms with van der Waals surface area (Å²) in [6.07, 6.45) is 1.99. The molecule has 2 N–H and O–H groups in total. The van der Waals surface area contributed by atoms with E-state index in [1.54, 1.807) is 24.3 Å². The number of benzene rings is 1. The molecule has 0 aliphatic carbocycles. The predicted molar refractivity (Wildman–Crippen MR) is 109 cm³/mol. The molecule has 0 radical (unpaired) electrons. The molecule has 0 saturated carbocycles. The van der Waals surface area contributed by atoms with Gasteiger partial charge in [-0.3, -0.25) is 23.9 Å². The van der Waals surface area contributed by atoms with Crippen LogP contribution >= 0.6 is 0 Å². The van der Waals surface area contributed by atoms with E-state index in [1.807, 2.05) is 13.0 Å². The first-order valence-electron chi connectivity index (χ1n) is 9.14. The Balaban J connectivity index is 1.82. The Hall–Kier alpha value is -3.75. The lowest BCUT2D eigenvalue weighted by Gasteiger charge is -2.17. The number of hydrogen-bond acceptors (Lipinski definition) is 5. The Labute approximate surface area is 166 Å². The normalized spacial score (nSPS) is 10.7. The van der Waals surface area contributed by atoms with E-state index >= 15 is 0 Å². The van der Waals surface area contributed by atoms with Gasteiger partial charge in [0, 0.05) is 25.5 Å². The number of likely N-dealkylation sites (N-methyl/N-ethyl adjacent to an activating group) is 1. The van der Waals surface area contributed by atoms with Crippen LogP contribution in [0.3, 0.4) is 0 Å². The van der Waals surface area contributed by atoms with Gasteiger partial charge in [-0.15, -0.1) is 0 Å². The van der Waals surface area contributed by atoms with Crippen molar-refractivity contribution in [3.05, 3.63) is 69.0 Å². The average molecular weight is 395 g/mol. The second-order valence-electron chi connectivity index (χ2n) is 6.58. The second-order valence-corrected chi connectivity index (χ2v) is 6.58. The van der Waals surface area contributed by atoms with Crippen LogP contribution in [0.2, 0.25) is 0 Å². The summed E-state index contributed by atoms with van der Waals surface area (Å²) in [4.78, 5) is 56.7. The third-order valence-electron chi connectivity index (χ3n) is 4.31. The first-order chi connectivity index (χ1) is 13.9. The first kappa shape index (κ1) is 20.0. The van der Waals surface area contributed by atoms with Crippen molar-refractivity contribution in [2.75, 3.05) is 18.9 Å². The third kappa shape index (κ3) is 4.40. The average Bonchev–Trinajstić information content (AvgIpc) is 2.70. The molecule has 9 heteroatoms. The van der Waals surface area contributed by atoms with Gasteiger partial charge in [-0.05, 0) is 24.6 Å². The lowest BCUT2D eigenvalue weighted by molar-refractivity contribution is -0.116. The van der Waals surface area contributed by atoms with Gasteiger partial charge in [0.25, 0.3) is 11.5 Å². The highest BCUT2D eigenvalue weighted by Gasteiger charge is 2.18. The number of anilines is 1. The number of fused-ring (bicyclic) bond motifs is 1. The van der Waals surface area contributed by atoms with E-state index in [1.165, 1.54) is 28.8 Å². The van der Waals surface area contributed by atoms with Gasteiger partial charge in [-0.1, -0.05) is 25.1 Å². The number of aromatic nitrogens is 3. The molecule has 0 aliphatic rings. The zero-order chi connectivity index (χ0) is 21.0. The largest absolute Gasteiger partial charge is 0.332 e. The predicted octanol–water partition coefficient (Wildman–Crippen LogP) is 1.21. The molecule has 0 bridgehead atoms. The zero-order valence-electron chi connectivity index (χ0n) is 16.1. The standard InChI is InChI=1S/C20H21N5O4/c1-3-9-25-17-15(18(27)23-20(25)29)10-13(11-21-17)19(28)24(2)12-16(26)22-14-7-5-4-6-8-14/h4-8,10-11H,3,9,12H2,1-2H3,(H,22,26)(H,23,27,29). The number of H-pyrrole nitrogens is 1. The SMILES string of the molecule is CCCn1c(=O)[nH]c(=O)c2cc(C(=O)N(C)CC(=O)Nc3ccccc3)cnc21. The number of carbonyl (C=O) groups is 2. The van der Waals surface area contributed by atoms with Crippen molar-refractivity contribution in [1.29, 1.82) is 0 Å². The van der Waals surface area contributed by atoms with Crippen molar-refractivity contribution in [3.8, 4) is 0 Å². The van der Waals surface area contributed by atoms with E-state index in [4.69, 9.17) is 0 Å². The van der Waals surface area contributed by atoms with Crippen molar-refractivity contribution in [2.24, 2.45) is 0 Å². The van der Waals surface area contributed by atoms with E-state index in [0.717, 1.165) is 0 Å². The quantitative estimate of drug-likeness (QED) is 0.650. The van der Waals surface area contributed by atoms with E-state index in [9.17, 15) is 19.2 Å². The monoisotopic (exact) mass is 395 g/mol. The highest BCUT2D eigenvalue weighted by Crippen LogP contribution is 2.11. The van der Waals surface area contributed by atoms with Crippen LogP contribution in [0.15, 0.2) is 52.2 Å². The molecule has 0 spiro atoms. The number of carbonyl (C=O) groups excluding carboxylic acids is 2.